The van der Waals surface area contributed by atoms with E-state index in [4.69, 9.17) is 5.73 Å². The quantitative estimate of drug-likeness (QED) is 0.882. The van der Waals surface area contributed by atoms with Gasteiger partial charge < -0.3 is 5.73 Å². The lowest BCUT2D eigenvalue weighted by Crippen LogP contribution is -2.10. The number of halogens is 1. The fraction of sp³-hybridized carbons (Fsp3) is 0.500. The molecule has 2 nitrogen and oxygen atoms in total. The Labute approximate surface area is 87.7 Å². The average molecular weight is 243 g/mol. The molecule has 0 aliphatic carbocycles. The Kier molecular flexibility index (Phi) is 4.39. The number of unbranched alkanes of at least 4 members (excludes halogenated alkanes) is 1. The van der Waals surface area contributed by atoms with Crippen LogP contribution in [0.2, 0.25) is 0 Å². The molecule has 0 aromatic carbocycles. The first kappa shape index (κ1) is 10.7. The second-order valence-corrected chi connectivity index (χ2v) is 4.10. The van der Waals surface area contributed by atoms with Gasteiger partial charge in [0, 0.05) is 22.9 Å². The smallest absolute Gasteiger partial charge is 0.0410 e. The van der Waals surface area contributed by atoms with E-state index in [0.717, 1.165) is 16.5 Å². The molecule has 1 atom stereocenters. The Morgan fingerprint density at radius 3 is 2.92 bits per heavy atom. The van der Waals surface area contributed by atoms with Gasteiger partial charge in [-0.1, -0.05) is 19.8 Å². The Morgan fingerprint density at radius 2 is 2.31 bits per heavy atom. The third kappa shape index (κ3) is 3.44. The summed E-state index contributed by atoms with van der Waals surface area (Å²) in [6.07, 6.45) is 7.01. The van der Waals surface area contributed by atoms with Crippen molar-refractivity contribution in [2.75, 3.05) is 0 Å². The van der Waals surface area contributed by atoms with Gasteiger partial charge in [-0.2, -0.15) is 0 Å². The van der Waals surface area contributed by atoms with E-state index >= 15 is 0 Å². The first-order valence-corrected chi connectivity index (χ1v) is 5.39. The van der Waals surface area contributed by atoms with Gasteiger partial charge in [0.15, 0.2) is 0 Å². The molecule has 0 unspecified atom stereocenters. The van der Waals surface area contributed by atoms with E-state index in [1.165, 1.54) is 12.8 Å². The fourth-order valence-electron chi connectivity index (χ4n) is 1.22. The summed E-state index contributed by atoms with van der Waals surface area (Å²) in [6, 6.07) is 2.16. The Balaban J connectivity index is 2.60. The van der Waals surface area contributed by atoms with Crippen LogP contribution in [0.5, 0.6) is 0 Å². The van der Waals surface area contributed by atoms with Crippen LogP contribution < -0.4 is 5.73 Å². The highest BCUT2D eigenvalue weighted by Crippen LogP contribution is 2.18. The van der Waals surface area contributed by atoms with Gasteiger partial charge in [-0.3, -0.25) is 4.98 Å². The monoisotopic (exact) mass is 242 g/mol. The zero-order valence-electron chi connectivity index (χ0n) is 7.83. The van der Waals surface area contributed by atoms with Crippen molar-refractivity contribution < 1.29 is 0 Å². The van der Waals surface area contributed by atoms with Crippen LogP contribution in [0.1, 0.15) is 37.8 Å². The molecule has 0 fully saturated rings. The second-order valence-electron chi connectivity index (χ2n) is 3.19. The van der Waals surface area contributed by atoms with Crippen LogP contribution in [0.3, 0.4) is 0 Å². The van der Waals surface area contributed by atoms with E-state index in [1.54, 1.807) is 6.20 Å². The molecule has 0 aliphatic rings. The lowest BCUT2D eigenvalue weighted by atomic mass is 10.0. The van der Waals surface area contributed by atoms with E-state index in [9.17, 15) is 0 Å². The van der Waals surface area contributed by atoms with Gasteiger partial charge in [0.25, 0.3) is 0 Å². The highest BCUT2D eigenvalue weighted by atomic mass is 79.9. The van der Waals surface area contributed by atoms with Gasteiger partial charge in [-0.15, -0.1) is 0 Å². The second kappa shape index (κ2) is 5.35. The van der Waals surface area contributed by atoms with E-state index in [1.807, 2.05) is 12.3 Å². The molecular formula is C10H15BrN2. The molecule has 72 valence electrons. The fourth-order valence-corrected chi connectivity index (χ4v) is 1.60. The van der Waals surface area contributed by atoms with Crippen LogP contribution in [-0.2, 0) is 0 Å². The minimum atomic E-state index is 0.130. The van der Waals surface area contributed by atoms with E-state index in [-0.39, 0.29) is 6.04 Å². The Bertz CT molecular complexity index is 263. The zero-order chi connectivity index (χ0) is 9.68. The van der Waals surface area contributed by atoms with Crippen molar-refractivity contribution in [3.05, 3.63) is 28.5 Å². The predicted octanol–water partition coefficient (Wildman–Crippen LogP) is 3.03. The van der Waals surface area contributed by atoms with Crippen LogP contribution in [0.25, 0.3) is 0 Å². The number of rotatable bonds is 4. The summed E-state index contributed by atoms with van der Waals surface area (Å²) in [5, 5.41) is 0. The first-order chi connectivity index (χ1) is 6.24. The number of nitrogens with zero attached hydrogens (tertiary/aromatic N) is 1. The highest BCUT2D eigenvalue weighted by molar-refractivity contribution is 9.10. The van der Waals surface area contributed by atoms with Crippen molar-refractivity contribution in [3.63, 3.8) is 0 Å². The van der Waals surface area contributed by atoms with Crippen molar-refractivity contribution in [1.29, 1.82) is 0 Å². The molecule has 0 aliphatic heterocycles. The van der Waals surface area contributed by atoms with Gasteiger partial charge in [0.2, 0.25) is 0 Å². The average Bonchev–Trinajstić information content (AvgIpc) is 2.14. The van der Waals surface area contributed by atoms with Crippen LogP contribution in [0.4, 0.5) is 0 Å². The lowest BCUT2D eigenvalue weighted by molar-refractivity contribution is 0.601. The molecule has 1 aromatic rings. The third-order valence-corrected chi connectivity index (χ3v) is 2.46. The van der Waals surface area contributed by atoms with E-state index < -0.39 is 0 Å². The van der Waals surface area contributed by atoms with Crippen LogP contribution in [0.15, 0.2) is 22.9 Å². The van der Waals surface area contributed by atoms with Crippen molar-refractivity contribution in [3.8, 4) is 0 Å². The number of hydrogen-bond acceptors (Lipinski definition) is 2. The van der Waals surface area contributed by atoms with Crippen molar-refractivity contribution in [2.45, 2.75) is 32.2 Å². The number of hydrogen-bond donors (Lipinski definition) is 1. The predicted molar refractivity (Wildman–Crippen MR) is 58.4 cm³/mol. The van der Waals surface area contributed by atoms with Crippen LogP contribution >= 0.6 is 15.9 Å². The highest BCUT2D eigenvalue weighted by Gasteiger charge is 2.05. The molecule has 13 heavy (non-hydrogen) atoms. The molecule has 2 N–H and O–H groups in total. The summed E-state index contributed by atoms with van der Waals surface area (Å²) >= 11 is 3.38. The van der Waals surface area contributed by atoms with Crippen molar-refractivity contribution in [2.24, 2.45) is 5.73 Å². The Morgan fingerprint density at radius 1 is 1.54 bits per heavy atom. The van der Waals surface area contributed by atoms with Crippen LogP contribution in [0, 0.1) is 0 Å². The van der Waals surface area contributed by atoms with Gasteiger partial charge in [-0.25, -0.2) is 0 Å². The number of aromatic nitrogens is 1. The van der Waals surface area contributed by atoms with Gasteiger partial charge in [0.05, 0.1) is 0 Å². The normalized spacial score (nSPS) is 12.8. The van der Waals surface area contributed by atoms with Gasteiger partial charge in [-0.05, 0) is 34.0 Å². The third-order valence-electron chi connectivity index (χ3n) is 2.02. The number of nitrogens with two attached hydrogens (primary N) is 1. The number of pyridine rings is 1. The van der Waals surface area contributed by atoms with Gasteiger partial charge >= 0.3 is 0 Å². The topological polar surface area (TPSA) is 38.9 Å². The summed E-state index contributed by atoms with van der Waals surface area (Å²) in [4.78, 5) is 4.09. The molecule has 0 bridgehead atoms. The summed E-state index contributed by atoms with van der Waals surface area (Å²) in [5.74, 6) is 0. The SMILES string of the molecule is CCCC[C@H](N)c1cncc(Br)c1. The van der Waals surface area contributed by atoms with E-state index in [0.29, 0.717) is 0 Å². The van der Waals surface area contributed by atoms with Crippen LogP contribution in [-0.4, -0.2) is 4.98 Å². The lowest BCUT2D eigenvalue weighted by Gasteiger charge is -2.10. The first-order valence-electron chi connectivity index (χ1n) is 4.60. The minimum Gasteiger partial charge on any atom is -0.324 e. The largest absolute Gasteiger partial charge is 0.324 e. The maximum Gasteiger partial charge on any atom is 0.0410 e. The molecule has 0 saturated carbocycles. The summed E-state index contributed by atoms with van der Waals surface area (Å²) < 4.78 is 0.997. The Hall–Kier alpha value is -0.410. The summed E-state index contributed by atoms with van der Waals surface area (Å²) in [6.45, 7) is 2.17. The molecule has 0 radical (unpaired) electrons. The molecule has 3 heteroatoms. The van der Waals surface area contributed by atoms with Crippen molar-refractivity contribution in [1.82, 2.24) is 4.98 Å². The maximum absolute atomic E-state index is 5.99. The molecule has 1 aromatic heterocycles. The molecule has 0 spiro atoms. The zero-order valence-corrected chi connectivity index (χ0v) is 9.42. The standard InChI is InChI=1S/C10H15BrN2/c1-2-3-4-10(12)8-5-9(11)7-13-6-8/h5-7,10H,2-4,12H2,1H3/t10-/m0/s1. The minimum absolute atomic E-state index is 0.130. The molecule has 0 amide bonds. The summed E-state index contributed by atoms with van der Waals surface area (Å²) in [7, 11) is 0. The molecule has 0 saturated heterocycles. The van der Waals surface area contributed by atoms with E-state index in [2.05, 4.69) is 27.8 Å². The molecular weight excluding hydrogens is 228 g/mol. The molecule has 1 rings (SSSR count). The summed E-state index contributed by atoms with van der Waals surface area (Å²) in [5.41, 5.74) is 7.10. The van der Waals surface area contributed by atoms with Crippen molar-refractivity contribution >= 4 is 15.9 Å². The maximum atomic E-state index is 5.99. The molecule has 1 heterocycles. The van der Waals surface area contributed by atoms with Gasteiger partial charge in [0.1, 0.15) is 0 Å².